The van der Waals surface area contributed by atoms with Gasteiger partial charge in [0.05, 0.1) is 23.4 Å². The summed E-state index contributed by atoms with van der Waals surface area (Å²) in [7, 11) is -2.89. The van der Waals surface area contributed by atoms with E-state index in [4.69, 9.17) is 0 Å². The second-order valence-corrected chi connectivity index (χ2v) is 7.91. The van der Waals surface area contributed by atoms with Crippen LogP contribution in [0, 0.1) is 5.92 Å². The monoisotopic (exact) mass is 325 g/mol. The van der Waals surface area contributed by atoms with Crippen LogP contribution in [0.2, 0.25) is 0 Å². The van der Waals surface area contributed by atoms with E-state index >= 15 is 0 Å². The maximum Gasteiger partial charge on any atom is 0.228 e. The fraction of sp³-hybridized carbons (Fsp3) is 0.600. The number of nitrogens with one attached hydrogen (secondary N) is 2. The van der Waals surface area contributed by atoms with Gasteiger partial charge in [-0.25, -0.2) is 13.4 Å². The van der Waals surface area contributed by atoms with E-state index in [9.17, 15) is 13.2 Å². The summed E-state index contributed by atoms with van der Waals surface area (Å²) in [5.74, 6) is 0.909. The van der Waals surface area contributed by atoms with E-state index in [1.165, 1.54) is 0 Å². The molecule has 0 spiro atoms. The molecule has 1 aromatic heterocycles. The van der Waals surface area contributed by atoms with Gasteiger partial charge in [-0.1, -0.05) is 13.8 Å². The molecular weight excluding hydrogens is 302 g/mol. The van der Waals surface area contributed by atoms with Gasteiger partial charge in [-0.15, -0.1) is 0 Å². The third-order valence-corrected chi connectivity index (χ3v) is 5.74. The number of hydrogen-bond acceptors (Lipinski definition) is 5. The van der Waals surface area contributed by atoms with Crippen LogP contribution in [0.1, 0.15) is 33.1 Å². The van der Waals surface area contributed by atoms with Crippen molar-refractivity contribution in [2.75, 3.05) is 22.1 Å². The van der Waals surface area contributed by atoms with Crippen molar-refractivity contribution in [3.05, 3.63) is 18.3 Å². The van der Waals surface area contributed by atoms with Gasteiger partial charge >= 0.3 is 0 Å². The summed E-state index contributed by atoms with van der Waals surface area (Å²) in [6, 6.07) is 3.48. The standard InChI is InChI=1S/C15H23N3O3S/c1-3-11(4-2)15(19)18-14-6-5-12(9-16-14)17-13-7-8-22(20,21)10-13/h5-6,9,11,13,17H,3-4,7-8,10H2,1-2H3,(H,16,18,19). The minimum atomic E-state index is -2.89. The van der Waals surface area contributed by atoms with Crippen molar-refractivity contribution >= 4 is 27.2 Å². The van der Waals surface area contributed by atoms with Gasteiger partial charge < -0.3 is 10.6 Å². The number of anilines is 2. The Labute approximate surface area is 131 Å². The molecule has 0 radical (unpaired) electrons. The molecule has 0 saturated carbocycles. The highest BCUT2D eigenvalue weighted by Crippen LogP contribution is 2.18. The predicted octanol–water partition coefficient (Wildman–Crippen LogP) is 2.06. The molecule has 1 fully saturated rings. The molecule has 0 aromatic carbocycles. The number of amides is 1. The molecule has 7 heteroatoms. The van der Waals surface area contributed by atoms with Crippen LogP contribution in [0.25, 0.3) is 0 Å². The number of aromatic nitrogens is 1. The molecule has 1 atom stereocenters. The minimum Gasteiger partial charge on any atom is -0.380 e. The van der Waals surface area contributed by atoms with Crippen molar-refractivity contribution in [2.45, 2.75) is 39.2 Å². The van der Waals surface area contributed by atoms with Crippen LogP contribution in [0.4, 0.5) is 11.5 Å². The maximum absolute atomic E-state index is 12.0. The van der Waals surface area contributed by atoms with Crippen LogP contribution in [0.5, 0.6) is 0 Å². The fourth-order valence-electron chi connectivity index (χ4n) is 2.59. The molecule has 2 rings (SSSR count). The summed E-state index contributed by atoms with van der Waals surface area (Å²) < 4.78 is 22.8. The summed E-state index contributed by atoms with van der Waals surface area (Å²) >= 11 is 0. The number of nitrogens with zero attached hydrogens (tertiary/aromatic N) is 1. The SMILES string of the molecule is CCC(CC)C(=O)Nc1ccc(NC2CCS(=O)(=O)C2)cn1. The number of carbonyl (C=O) groups is 1. The Kier molecular flexibility index (Phi) is 5.39. The van der Waals surface area contributed by atoms with Crippen LogP contribution in [0.3, 0.4) is 0 Å². The Morgan fingerprint density at radius 1 is 1.36 bits per heavy atom. The van der Waals surface area contributed by atoms with Gasteiger partial charge in [-0.2, -0.15) is 0 Å². The molecular formula is C15H23N3O3S. The van der Waals surface area contributed by atoms with Crippen molar-refractivity contribution < 1.29 is 13.2 Å². The first-order valence-corrected chi connectivity index (χ1v) is 9.49. The number of carbonyl (C=O) groups excluding carboxylic acids is 1. The molecule has 0 bridgehead atoms. The van der Waals surface area contributed by atoms with Crippen LogP contribution < -0.4 is 10.6 Å². The van der Waals surface area contributed by atoms with Crippen molar-refractivity contribution in [1.82, 2.24) is 4.98 Å². The first kappa shape index (κ1) is 16.7. The summed E-state index contributed by atoms with van der Waals surface area (Å²) in [6.07, 6.45) is 3.85. The normalized spacial score (nSPS) is 20.0. The zero-order valence-corrected chi connectivity index (χ0v) is 13.8. The van der Waals surface area contributed by atoms with Gasteiger partial charge in [0.25, 0.3) is 0 Å². The lowest BCUT2D eigenvalue weighted by Crippen LogP contribution is -2.22. The van der Waals surface area contributed by atoms with Crippen molar-refractivity contribution in [3.63, 3.8) is 0 Å². The van der Waals surface area contributed by atoms with Crippen LogP contribution in [-0.4, -0.2) is 36.9 Å². The van der Waals surface area contributed by atoms with Gasteiger partial charge in [0.1, 0.15) is 5.82 Å². The second kappa shape index (κ2) is 7.09. The first-order valence-electron chi connectivity index (χ1n) is 7.67. The van der Waals surface area contributed by atoms with Crippen molar-refractivity contribution in [3.8, 4) is 0 Å². The Bertz CT molecular complexity index is 609. The summed E-state index contributed by atoms with van der Waals surface area (Å²) in [6.45, 7) is 3.98. The third kappa shape index (κ3) is 4.43. The molecule has 1 amide bonds. The number of rotatable bonds is 6. The van der Waals surface area contributed by atoms with E-state index in [2.05, 4.69) is 15.6 Å². The Morgan fingerprint density at radius 2 is 2.09 bits per heavy atom. The highest BCUT2D eigenvalue weighted by molar-refractivity contribution is 7.91. The summed E-state index contributed by atoms with van der Waals surface area (Å²) in [5.41, 5.74) is 0.766. The maximum atomic E-state index is 12.0. The zero-order chi connectivity index (χ0) is 16.2. The molecule has 1 aliphatic rings. The molecule has 1 aliphatic heterocycles. The third-order valence-electron chi connectivity index (χ3n) is 3.97. The van der Waals surface area contributed by atoms with Gasteiger partial charge in [0.15, 0.2) is 9.84 Å². The van der Waals surface area contributed by atoms with Crippen molar-refractivity contribution in [1.29, 1.82) is 0 Å². The molecule has 2 N–H and O–H groups in total. The molecule has 2 heterocycles. The lowest BCUT2D eigenvalue weighted by atomic mass is 10.0. The van der Waals surface area contributed by atoms with Crippen LogP contribution in [0.15, 0.2) is 18.3 Å². The Morgan fingerprint density at radius 3 is 2.59 bits per heavy atom. The topological polar surface area (TPSA) is 88.2 Å². The molecule has 122 valence electrons. The quantitative estimate of drug-likeness (QED) is 0.836. The Hall–Kier alpha value is -1.63. The van der Waals surface area contributed by atoms with Gasteiger partial charge in [0.2, 0.25) is 5.91 Å². The van der Waals surface area contributed by atoms with E-state index in [0.717, 1.165) is 18.5 Å². The average molecular weight is 325 g/mol. The van der Waals surface area contributed by atoms with Crippen LogP contribution >= 0.6 is 0 Å². The largest absolute Gasteiger partial charge is 0.380 e. The first-order chi connectivity index (χ1) is 10.4. The van der Waals surface area contributed by atoms with Gasteiger partial charge in [-0.3, -0.25) is 4.79 Å². The molecule has 22 heavy (non-hydrogen) atoms. The Balaban J connectivity index is 1.92. The number of hydrogen-bond donors (Lipinski definition) is 2. The van der Waals surface area contributed by atoms with E-state index in [0.29, 0.717) is 12.2 Å². The molecule has 1 unspecified atom stereocenters. The summed E-state index contributed by atoms with van der Waals surface area (Å²) in [5, 5.41) is 5.97. The molecule has 1 aromatic rings. The second-order valence-electron chi connectivity index (χ2n) is 5.68. The fourth-order valence-corrected chi connectivity index (χ4v) is 4.26. The molecule has 0 aliphatic carbocycles. The zero-order valence-electron chi connectivity index (χ0n) is 13.0. The average Bonchev–Trinajstić information content (AvgIpc) is 2.81. The molecule has 1 saturated heterocycles. The summed E-state index contributed by atoms with van der Waals surface area (Å²) in [4.78, 5) is 16.2. The smallest absolute Gasteiger partial charge is 0.228 e. The minimum absolute atomic E-state index is 0.00305. The van der Waals surface area contributed by atoms with E-state index in [1.54, 1.807) is 18.3 Å². The van der Waals surface area contributed by atoms with Crippen molar-refractivity contribution in [2.24, 2.45) is 5.92 Å². The lowest BCUT2D eigenvalue weighted by Gasteiger charge is -2.14. The van der Waals surface area contributed by atoms with E-state index in [1.807, 2.05) is 13.8 Å². The van der Waals surface area contributed by atoms with Crippen LogP contribution in [-0.2, 0) is 14.6 Å². The number of sulfone groups is 1. The highest BCUT2D eigenvalue weighted by atomic mass is 32.2. The lowest BCUT2D eigenvalue weighted by molar-refractivity contribution is -0.120. The predicted molar refractivity (Wildman–Crippen MR) is 87.6 cm³/mol. The highest BCUT2D eigenvalue weighted by Gasteiger charge is 2.27. The van der Waals surface area contributed by atoms with E-state index < -0.39 is 9.84 Å². The molecule has 6 nitrogen and oxygen atoms in total. The van der Waals surface area contributed by atoms with Gasteiger partial charge in [0, 0.05) is 12.0 Å². The van der Waals surface area contributed by atoms with E-state index in [-0.39, 0.29) is 29.4 Å². The number of pyridine rings is 1. The van der Waals surface area contributed by atoms with Gasteiger partial charge in [-0.05, 0) is 31.4 Å².